The van der Waals surface area contributed by atoms with Crippen molar-refractivity contribution < 1.29 is 23.5 Å². The normalized spacial score (nSPS) is 11.8. The van der Waals surface area contributed by atoms with E-state index in [1.54, 1.807) is 20.3 Å². The minimum Gasteiger partial charge on any atom is -0.497 e. The Morgan fingerprint density at radius 1 is 1.14 bits per heavy atom. The van der Waals surface area contributed by atoms with Gasteiger partial charge in [0.25, 0.3) is 5.91 Å². The van der Waals surface area contributed by atoms with Gasteiger partial charge in [0.15, 0.2) is 6.10 Å². The van der Waals surface area contributed by atoms with Gasteiger partial charge in [0, 0.05) is 17.5 Å². The standard InChI is InChI=1S/C23H25NO5/c1-15-4-9-20-18(14-28-21(20)12-15)13-22(25)29-16(2)23(26)24-11-10-17-5-7-19(27-3)8-6-17/h4-9,12,14,16H,10-11,13H2,1-3H3,(H,24,26)/t16-/m0/s1. The van der Waals surface area contributed by atoms with Gasteiger partial charge >= 0.3 is 5.97 Å². The van der Waals surface area contributed by atoms with Crippen LogP contribution in [0, 0.1) is 6.92 Å². The van der Waals surface area contributed by atoms with E-state index in [4.69, 9.17) is 13.9 Å². The third-order valence-electron chi connectivity index (χ3n) is 4.70. The fourth-order valence-electron chi connectivity index (χ4n) is 3.04. The first-order valence-electron chi connectivity index (χ1n) is 9.53. The average molecular weight is 395 g/mol. The quantitative estimate of drug-likeness (QED) is 0.590. The molecule has 1 amide bonds. The summed E-state index contributed by atoms with van der Waals surface area (Å²) in [6.07, 6.45) is 1.43. The molecule has 6 heteroatoms. The highest BCUT2D eigenvalue weighted by atomic mass is 16.5. The molecule has 0 aliphatic carbocycles. The molecule has 0 unspecified atom stereocenters. The second kappa shape index (κ2) is 9.28. The number of amides is 1. The first-order valence-corrected chi connectivity index (χ1v) is 9.53. The van der Waals surface area contributed by atoms with Gasteiger partial charge in [-0.3, -0.25) is 9.59 Å². The number of methoxy groups -OCH3 is 1. The molecule has 0 radical (unpaired) electrons. The lowest BCUT2D eigenvalue weighted by Gasteiger charge is -2.13. The van der Waals surface area contributed by atoms with Crippen LogP contribution in [0.5, 0.6) is 5.75 Å². The van der Waals surface area contributed by atoms with Crippen LogP contribution < -0.4 is 10.1 Å². The first-order chi connectivity index (χ1) is 14.0. The van der Waals surface area contributed by atoms with Gasteiger partial charge in [0.1, 0.15) is 11.3 Å². The van der Waals surface area contributed by atoms with Crippen molar-refractivity contribution in [2.24, 2.45) is 0 Å². The molecule has 152 valence electrons. The highest BCUT2D eigenvalue weighted by Crippen LogP contribution is 2.23. The van der Waals surface area contributed by atoms with E-state index in [9.17, 15) is 9.59 Å². The molecule has 1 heterocycles. The molecule has 0 spiro atoms. The molecule has 0 fully saturated rings. The number of ether oxygens (including phenoxy) is 2. The number of benzene rings is 2. The number of hydrogen-bond acceptors (Lipinski definition) is 5. The minimum absolute atomic E-state index is 0.0551. The van der Waals surface area contributed by atoms with Gasteiger partial charge in [-0.05, 0) is 49.6 Å². The van der Waals surface area contributed by atoms with Crippen molar-refractivity contribution in [1.82, 2.24) is 5.32 Å². The average Bonchev–Trinajstić information content (AvgIpc) is 3.09. The van der Waals surface area contributed by atoms with E-state index >= 15 is 0 Å². The molecular formula is C23H25NO5. The lowest BCUT2D eigenvalue weighted by atomic mass is 10.1. The molecule has 6 nitrogen and oxygen atoms in total. The smallest absolute Gasteiger partial charge is 0.311 e. The zero-order valence-electron chi connectivity index (χ0n) is 16.9. The summed E-state index contributed by atoms with van der Waals surface area (Å²) in [4.78, 5) is 24.4. The predicted octanol–water partition coefficient (Wildman–Crippen LogP) is 3.58. The van der Waals surface area contributed by atoms with E-state index in [2.05, 4.69) is 5.32 Å². The van der Waals surface area contributed by atoms with Crippen molar-refractivity contribution in [3.8, 4) is 5.75 Å². The summed E-state index contributed by atoms with van der Waals surface area (Å²) < 4.78 is 15.9. The molecule has 1 N–H and O–H groups in total. The third kappa shape index (κ3) is 5.38. The molecule has 0 aliphatic rings. The Balaban J connectivity index is 1.46. The van der Waals surface area contributed by atoms with Gasteiger partial charge < -0.3 is 19.2 Å². The van der Waals surface area contributed by atoms with Crippen molar-refractivity contribution in [2.45, 2.75) is 32.8 Å². The van der Waals surface area contributed by atoms with Gasteiger partial charge in [0.2, 0.25) is 0 Å². The number of esters is 1. The predicted molar refractivity (Wildman–Crippen MR) is 110 cm³/mol. The Labute approximate surface area is 169 Å². The van der Waals surface area contributed by atoms with Gasteiger partial charge in [-0.15, -0.1) is 0 Å². The number of carbonyl (C=O) groups excluding carboxylic acids is 2. The van der Waals surface area contributed by atoms with E-state index in [-0.39, 0.29) is 12.3 Å². The Morgan fingerprint density at radius 2 is 1.90 bits per heavy atom. The lowest BCUT2D eigenvalue weighted by molar-refractivity contribution is -0.154. The van der Waals surface area contributed by atoms with Crippen molar-refractivity contribution in [3.05, 3.63) is 65.4 Å². The molecule has 0 saturated carbocycles. The van der Waals surface area contributed by atoms with Gasteiger partial charge in [-0.1, -0.05) is 24.3 Å². The Hall–Kier alpha value is -3.28. The Morgan fingerprint density at radius 3 is 2.62 bits per heavy atom. The zero-order valence-corrected chi connectivity index (χ0v) is 16.9. The minimum atomic E-state index is -0.862. The monoisotopic (exact) mass is 395 g/mol. The number of furan rings is 1. The summed E-state index contributed by atoms with van der Waals surface area (Å²) in [5.41, 5.74) is 3.65. The molecule has 1 atom stereocenters. The van der Waals surface area contributed by atoms with Crippen LogP contribution in [0.2, 0.25) is 0 Å². The Bertz CT molecular complexity index is 990. The largest absolute Gasteiger partial charge is 0.497 e. The van der Waals surface area contributed by atoms with E-state index in [0.29, 0.717) is 13.0 Å². The van der Waals surface area contributed by atoms with Crippen LogP contribution in [-0.2, 0) is 27.2 Å². The maximum Gasteiger partial charge on any atom is 0.311 e. The molecule has 3 rings (SSSR count). The highest BCUT2D eigenvalue weighted by Gasteiger charge is 2.19. The second-order valence-corrected chi connectivity index (χ2v) is 6.96. The van der Waals surface area contributed by atoms with Crippen LogP contribution >= 0.6 is 0 Å². The van der Waals surface area contributed by atoms with E-state index in [0.717, 1.165) is 33.4 Å². The third-order valence-corrected chi connectivity index (χ3v) is 4.70. The zero-order chi connectivity index (χ0) is 20.8. The molecule has 3 aromatic rings. The van der Waals surface area contributed by atoms with Gasteiger partial charge in [0.05, 0.1) is 19.8 Å². The number of rotatable bonds is 8. The molecule has 0 bridgehead atoms. The SMILES string of the molecule is COc1ccc(CCNC(=O)[C@H](C)OC(=O)Cc2coc3cc(C)ccc23)cc1. The van der Waals surface area contributed by atoms with Crippen molar-refractivity contribution in [1.29, 1.82) is 0 Å². The van der Waals surface area contributed by atoms with E-state index in [1.165, 1.54) is 0 Å². The fourth-order valence-corrected chi connectivity index (χ4v) is 3.04. The molecule has 1 aromatic heterocycles. The number of hydrogen-bond donors (Lipinski definition) is 1. The van der Waals surface area contributed by atoms with Crippen molar-refractivity contribution in [3.63, 3.8) is 0 Å². The van der Waals surface area contributed by atoms with Crippen LogP contribution in [-0.4, -0.2) is 31.6 Å². The number of aryl methyl sites for hydroxylation is 1. The number of fused-ring (bicyclic) bond motifs is 1. The summed E-state index contributed by atoms with van der Waals surface area (Å²) in [6, 6.07) is 13.5. The van der Waals surface area contributed by atoms with Gasteiger partial charge in [-0.2, -0.15) is 0 Å². The molecule has 0 saturated heterocycles. The lowest BCUT2D eigenvalue weighted by Crippen LogP contribution is -2.37. The van der Waals surface area contributed by atoms with Crippen LogP contribution in [0.4, 0.5) is 0 Å². The van der Waals surface area contributed by atoms with Crippen molar-refractivity contribution >= 4 is 22.8 Å². The molecular weight excluding hydrogens is 370 g/mol. The number of nitrogens with one attached hydrogen (secondary N) is 1. The van der Waals surface area contributed by atoms with Gasteiger partial charge in [-0.25, -0.2) is 0 Å². The highest BCUT2D eigenvalue weighted by molar-refractivity contribution is 5.88. The molecule has 2 aromatic carbocycles. The topological polar surface area (TPSA) is 77.8 Å². The fraction of sp³-hybridized carbons (Fsp3) is 0.304. The van der Waals surface area contributed by atoms with Crippen LogP contribution in [0.15, 0.2) is 53.1 Å². The second-order valence-electron chi connectivity index (χ2n) is 6.96. The van der Waals surface area contributed by atoms with Crippen LogP contribution in [0.1, 0.15) is 23.6 Å². The number of carbonyl (C=O) groups is 2. The summed E-state index contributed by atoms with van der Waals surface area (Å²) in [5, 5.41) is 3.67. The summed E-state index contributed by atoms with van der Waals surface area (Å²) >= 11 is 0. The Kier molecular flexibility index (Phi) is 6.54. The van der Waals surface area contributed by atoms with E-state index in [1.807, 2.05) is 49.4 Å². The van der Waals surface area contributed by atoms with E-state index < -0.39 is 12.1 Å². The summed E-state index contributed by atoms with van der Waals surface area (Å²) in [7, 11) is 1.62. The van der Waals surface area contributed by atoms with Crippen molar-refractivity contribution in [2.75, 3.05) is 13.7 Å². The maximum absolute atomic E-state index is 12.2. The van der Waals surface area contributed by atoms with Crippen LogP contribution in [0.25, 0.3) is 11.0 Å². The molecule has 29 heavy (non-hydrogen) atoms. The maximum atomic E-state index is 12.2. The first kappa shape index (κ1) is 20.5. The van der Waals surface area contributed by atoms with Crippen LogP contribution in [0.3, 0.4) is 0 Å². The molecule has 0 aliphatic heterocycles. The summed E-state index contributed by atoms with van der Waals surface area (Å²) in [6.45, 7) is 4.00. The summed E-state index contributed by atoms with van der Waals surface area (Å²) in [5.74, 6) is 0.00414.